The highest BCUT2D eigenvalue weighted by Gasteiger charge is 2.17. The van der Waals surface area contributed by atoms with Crippen molar-refractivity contribution >= 4 is 6.47 Å². The third kappa shape index (κ3) is 5.85. The molecule has 0 N–H and O–H groups in total. The summed E-state index contributed by atoms with van der Waals surface area (Å²) in [4.78, 5) is 9.95. The van der Waals surface area contributed by atoms with Crippen LogP contribution in [0, 0.1) is 0 Å². The number of hydrogen-bond donors (Lipinski definition) is 0. The van der Waals surface area contributed by atoms with Gasteiger partial charge >= 0.3 is 0 Å². The molecule has 0 aliphatic rings. The molecule has 0 aliphatic carbocycles. The van der Waals surface area contributed by atoms with Gasteiger partial charge in [0.1, 0.15) is 0 Å². The Morgan fingerprint density at radius 3 is 2.55 bits per heavy atom. The molecule has 3 heteroatoms. The van der Waals surface area contributed by atoms with Crippen molar-refractivity contribution < 1.29 is 14.3 Å². The zero-order valence-electron chi connectivity index (χ0n) is 7.42. The summed E-state index contributed by atoms with van der Waals surface area (Å²) in [6, 6.07) is 0. The first kappa shape index (κ1) is 10.4. The van der Waals surface area contributed by atoms with Crippen LogP contribution in [0.4, 0.5) is 0 Å². The Bertz CT molecular complexity index is 110. The van der Waals surface area contributed by atoms with Crippen LogP contribution in [-0.2, 0) is 14.3 Å². The van der Waals surface area contributed by atoms with Crippen molar-refractivity contribution in [1.82, 2.24) is 0 Å². The van der Waals surface area contributed by atoms with Crippen LogP contribution in [-0.4, -0.2) is 18.9 Å². The minimum absolute atomic E-state index is 0.409. The van der Waals surface area contributed by atoms with E-state index < -0.39 is 5.79 Å². The molecular weight excluding hydrogens is 144 g/mol. The minimum Gasteiger partial charge on any atom is -0.436 e. The molecule has 0 atom stereocenters. The summed E-state index contributed by atoms with van der Waals surface area (Å²) in [7, 11) is 0. The lowest BCUT2D eigenvalue weighted by Crippen LogP contribution is -2.28. The molecule has 0 rings (SSSR count). The molecule has 0 heterocycles. The van der Waals surface area contributed by atoms with Crippen molar-refractivity contribution in [3.05, 3.63) is 0 Å². The maximum absolute atomic E-state index is 9.95. The van der Waals surface area contributed by atoms with Gasteiger partial charge < -0.3 is 9.47 Å². The third-order valence-electron chi connectivity index (χ3n) is 1.28. The summed E-state index contributed by atoms with van der Waals surface area (Å²) < 4.78 is 9.93. The van der Waals surface area contributed by atoms with Gasteiger partial charge in [0.15, 0.2) is 0 Å². The Kier molecular flexibility index (Phi) is 4.86. The average molecular weight is 160 g/mol. The van der Waals surface area contributed by atoms with Crippen LogP contribution < -0.4 is 0 Å². The molecule has 0 fully saturated rings. The predicted octanol–water partition coefficient (Wildman–Crippen LogP) is 1.71. The van der Waals surface area contributed by atoms with Crippen molar-refractivity contribution in [2.24, 2.45) is 0 Å². The SMILES string of the molecule is CCCCOC(C)(C)OC=O. The molecule has 0 amide bonds. The van der Waals surface area contributed by atoms with Crippen LogP contribution in [0.3, 0.4) is 0 Å². The van der Waals surface area contributed by atoms with Gasteiger partial charge in [-0.1, -0.05) is 13.3 Å². The first-order chi connectivity index (χ1) is 5.12. The fourth-order valence-corrected chi connectivity index (χ4v) is 0.612. The fourth-order valence-electron chi connectivity index (χ4n) is 0.612. The van der Waals surface area contributed by atoms with Crippen LogP contribution in [0.5, 0.6) is 0 Å². The number of carbonyl (C=O) groups excluding carboxylic acids is 1. The Morgan fingerprint density at radius 1 is 1.45 bits per heavy atom. The third-order valence-corrected chi connectivity index (χ3v) is 1.28. The second kappa shape index (κ2) is 5.13. The van der Waals surface area contributed by atoms with Gasteiger partial charge in [-0.2, -0.15) is 0 Å². The van der Waals surface area contributed by atoms with E-state index >= 15 is 0 Å². The van der Waals surface area contributed by atoms with E-state index in [-0.39, 0.29) is 0 Å². The molecule has 66 valence electrons. The molecule has 11 heavy (non-hydrogen) atoms. The highest BCUT2D eigenvalue weighted by molar-refractivity contribution is 5.37. The second-order valence-electron chi connectivity index (χ2n) is 2.82. The smallest absolute Gasteiger partial charge is 0.295 e. The summed E-state index contributed by atoms with van der Waals surface area (Å²) >= 11 is 0. The van der Waals surface area contributed by atoms with E-state index in [1.807, 2.05) is 0 Å². The van der Waals surface area contributed by atoms with E-state index in [0.29, 0.717) is 13.1 Å². The average Bonchev–Trinajstić information content (AvgIpc) is 1.87. The van der Waals surface area contributed by atoms with Gasteiger partial charge in [0, 0.05) is 13.8 Å². The van der Waals surface area contributed by atoms with E-state index in [2.05, 4.69) is 11.7 Å². The monoisotopic (exact) mass is 160 g/mol. The summed E-state index contributed by atoms with van der Waals surface area (Å²) in [5.74, 6) is -0.767. The normalized spacial score (nSPS) is 11.2. The summed E-state index contributed by atoms with van der Waals surface area (Å²) in [5, 5.41) is 0. The number of hydrogen-bond acceptors (Lipinski definition) is 3. The van der Waals surface area contributed by atoms with Gasteiger partial charge in [0.05, 0.1) is 6.61 Å². The predicted molar refractivity (Wildman–Crippen MR) is 42.1 cm³/mol. The Balaban J connectivity index is 3.45. The summed E-state index contributed by atoms with van der Waals surface area (Å²) in [5.41, 5.74) is 0. The Hall–Kier alpha value is -0.570. The molecule has 0 aromatic heterocycles. The van der Waals surface area contributed by atoms with Crippen LogP contribution in [0.2, 0.25) is 0 Å². The second-order valence-corrected chi connectivity index (χ2v) is 2.82. The van der Waals surface area contributed by atoms with Gasteiger partial charge in [0.25, 0.3) is 6.47 Å². The number of ether oxygens (including phenoxy) is 2. The molecule has 0 saturated carbocycles. The largest absolute Gasteiger partial charge is 0.436 e. The van der Waals surface area contributed by atoms with Gasteiger partial charge in [-0.15, -0.1) is 0 Å². The molecule has 3 nitrogen and oxygen atoms in total. The van der Waals surface area contributed by atoms with E-state index in [4.69, 9.17) is 4.74 Å². The van der Waals surface area contributed by atoms with Gasteiger partial charge in [-0.05, 0) is 6.42 Å². The Labute approximate surface area is 67.7 Å². The van der Waals surface area contributed by atoms with Crippen LogP contribution in [0.15, 0.2) is 0 Å². The molecular formula is C8H16O3. The molecule has 0 aromatic carbocycles. The molecule has 0 saturated heterocycles. The molecule has 0 spiro atoms. The first-order valence-electron chi connectivity index (χ1n) is 3.88. The number of unbranched alkanes of at least 4 members (excludes halogenated alkanes) is 1. The lowest BCUT2D eigenvalue weighted by molar-refractivity contribution is -0.203. The Morgan fingerprint density at radius 2 is 2.09 bits per heavy atom. The molecule has 0 bridgehead atoms. The van der Waals surface area contributed by atoms with Crippen molar-refractivity contribution in [1.29, 1.82) is 0 Å². The zero-order valence-corrected chi connectivity index (χ0v) is 7.42. The van der Waals surface area contributed by atoms with Crippen molar-refractivity contribution in [2.45, 2.75) is 39.4 Å². The molecule has 0 unspecified atom stereocenters. The highest BCUT2D eigenvalue weighted by Crippen LogP contribution is 2.09. The first-order valence-corrected chi connectivity index (χ1v) is 3.88. The number of carbonyl (C=O) groups is 1. The fraction of sp³-hybridized carbons (Fsp3) is 0.875. The standard InChI is InChI=1S/C8H16O3/c1-4-5-6-10-8(2,3)11-7-9/h7H,4-6H2,1-3H3. The zero-order chi connectivity index (χ0) is 8.74. The van der Waals surface area contributed by atoms with Crippen molar-refractivity contribution in [3.8, 4) is 0 Å². The molecule has 0 aliphatic heterocycles. The van der Waals surface area contributed by atoms with Crippen molar-refractivity contribution in [3.63, 3.8) is 0 Å². The lowest BCUT2D eigenvalue weighted by atomic mass is 10.3. The lowest BCUT2D eigenvalue weighted by Gasteiger charge is -2.22. The van der Waals surface area contributed by atoms with E-state index in [1.54, 1.807) is 13.8 Å². The topological polar surface area (TPSA) is 35.5 Å². The van der Waals surface area contributed by atoms with Gasteiger partial charge in [0.2, 0.25) is 5.79 Å². The van der Waals surface area contributed by atoms with Gasteiger partial charge in [-0.3, -0.25) is 4.79 Å². The van der Waals surface area contributed by atoms with E-state index in [0.717, 1.165) is 12.8 Å². The molecule has 0 radical (unpaired) electrons. The summed E-state index contributed by atoms with van der Waals surface area (Å²) in [6.45, 7) is 6.56. The maximum Gasteiger partial charge on any atom is 0.295 e. The van der Waals surface area contributed by atoms with E-state index in [9.17, 15) is 4.79 Å². The maximum atomic E-state index is 9.95. The quantitative estimate of drug-likeness (QED) is 0.337. The van der Waals surface area contributed by atoms with Crippen LogP contribution in [0.25, 0.3) is 0 Å². The van der Waals surface area contributed by atoms with E-state index in [1.165, 1.54) is 0 Å². The minimum atomic E-state index is -0.767. The van der Waals surface area contributed by atoms with Crippen LogP contribution in [0.1, 0.15) is 33.6 Å². The highest BCUT2D eigenvalue weighted by atomic mass is 16.7. The number of rotatable bonds is 6. The van der Waals surface area contributed by atoms with Gasteiger partial charge in [-0.25, -0.2) is 0 Å². The summed E-state index contributed by atoms with van der Waals surface area (Å²) in [6.07, 6.45) is 2.07. The van der Waals surface area contributed by atoms with Crippen molar-refractivity contribution in [2.75, 3.05) is 6.61 Å². The van der Waals surface area contributed by atoms with Crippen LogP contribution >= 0.6 is 0 Å². The molecule has 0 aromatic rings.